The Morgan fingerprint density at radius 3 is 2.76 bits per heavy atom. The van der Waals surface area contributed by atoms with Gasteiger partial charge in [-0.25, -0.2) is 0 Å². The molecule has 4 aromatic rings. The van der Waals surface area contributed by atoms with Gasteiger partial charge < -0.3 is 14.6 Å². The van der Waals surface area contributed by atoms with Crippen molar-refractivity contribution >= 4 is 22.6 Å². The van der Waals surface area contributed by atoms with Crippen molar-refractivity contribution in [3.05, 3.63) is 74.3 Å². The number of fused-ring (bicyclic) bond motifs is 4. The molecule has 2 aliphatic rings. The van der Waals surface area contributed by atoms with Crippen LogP contribution in [0, 0.1) is 13.8 Å². The molecule has 4 heterocycles. The van der Waals surface area contributed by atoms with Crippen molar-refractivity contribution in [3.8, 4) is 0 Å². The second kappa shape index (κ2) is 8.06. The molecular formula is C26H27N5O3. The van der Waals surface area contributed by atoms with Crippen molar-refractivity contribution in [3.63, 3.8) is 0 Å². The molecule has 8 heteroatoms. The average Bonchev–Trinajstić information content (AvgIpc) is 3.31. The minimum absolute atomic E-state index is 0.0130. The molecule has 0 saturated carbocycles. The van der Waals surface area contributed by atoms with Gasteiger partial charge in [0.1, 0.15) is 5.82 Å². The van der Waals surface area contributed by atoms with Gasteiger partial charge in [0.15, 0.2) is 0 Å². The molecule has 34 heavy (non-hydrogen) atoms. The van der Waals surface area contributed by atoms with Crippen LogP contribution in [0.5, 0.6) is 0 Å². The van der Waals surface area contributed by atoms with E-state index < -0.39 is 0 Å². The molecule has 1 fully saturated rings. The summed E-state index contributed by atoms with van der Waals surface area (Å²) in [6.07, 6.45) is 2.55. The fourth-order valence-corrected chi connectivity index (χ4v) is 5.43. The number of hydrogen-bond donors (Lipinski definition) is 1. The molecule has 2 aliphatic heterocycles. The highest BCUT2D eigenvalue weighted by atomic mass is 16.5. The molecule has 174 valence electrons. The zero-order valence-corrected chi connectivity index (χ0v) is 19.4. The maximum absolute atomic E-state index is 13.6. The number of nitrogens with zero attached hydrogens (tertiary/aromatic N) is 4. The summed E-state index contributed by atoms with van der Waals surface area (Å²) in [5.41, 5.74) is 6.73. The number of carbonyl (C=O) groups is 1. The number of nitrogens with one attached hydrogen (secondary N) is 1. The molecule has 0 spiro atoms. The van der Waals surface area contributed by atoms with Crippen LogP contribution in [0.2, 0.25) is 0 Å². The maximum atomic E-state index is 13.6. The van der Waals surface area contributed by atoms with E-state index >= 15 is 0 Å². The summed E-state index contributed by atoms with van der Waals surface area (Å²) in [6.45, 7) is 6.71. The van der Waals surface area contributed by atoms with Crippen LogP contribution in [0.1, 0.15) is 57.2 Å². The number of benzene rings is 2. The number of aryl methyl sites for hydroxylation is 2. The molecule has 0 radical (unpaired) electrons. The number of H-pyrrole nitrogens is 1. The molecule has 6 rings (SSSR count). The molecule has 2 aromatic carbocycles. The van der Waals surface area contributed by atoms with Gasteiger partial charge in [0, 0.05) is 37.8 Å². The Kier molecular flexibility index (Phi) is 4.99. The highest BCUT2D eigenvalue weighted by Gasteiger charge is 2.26. The second-order valence-electron chi connectivity index (χ2n) is 9.43. The van der Waals surface area contributed by atoms with Gasteiger partial charge in [-0.3, -0.25) is 14.0 Å². The molecule has 0 aliphatic carbocycles. The van der Waals surface area contributed by atoms with Gasteiger partial charge in [0.05, 0.1) is 11.0 Å². The standard InChI is InChI=1S/C26H27N5O3/c1-15-4-3-5-18-14-30(9-6-19(15)18)26(33)20-13-21-22(12-16(20)2)31-23(17-7-10-34-11-8-17)28-29-24(31)25(32)27-21/h3-5,12-13,17H,6-11,14H2,1-2H3,(H,27,32). The first-order valence-corrected chi connectivity index (χ1v) is 11.9. The minimum Gasteiger partial charge on any atom is -0.381 e. The van der Waals surface area contributed by atoms with Gasteiger partial charge in [0.25, 0.3) is 11.5 Å². The van der Waals surface area contributed by atoms with Crippen molar-refractivity contribution in [1.82, 2.24) is 24.5 Å². The van der Waals surface area contributed by atoms with Crippen molar-refractivity contribution in [1.29, 1.82) is 0 Å². The van der Waals surface area contributed by atoms with Crippen LogP contribution in [0.3, 0.4) is 0 Å². The van der Waals surface area contributed by atoms with Crippen molar-refractivity contribution in [2.75, 3.05) is 19.8 Å². The van der Waals surface area contributed by atoms with Crippen LogP contribution in [0.25, 0.3) is 16.7 Å². The van der Waals surface area contributed by atoms with E-state index in [9.17, 15) is 9.59 Å². The number of ether oxygens (including phenoxy) is 1. The first-order valence-electron chi connectivity index (χ1n) is 11.9. The lowest BCUT2D eigenvalue weighted by atomic mass is 9.94. The fourth-order valence-electron chi connectivity index (χ4n) is 5.43. The zero-order valence-electron chi connectivity index (χ0n) is 19.4. The van der Waals surface area contributed by atoms with Crippen LogP contribution < -0.4 is 5.56 Å². The predicted octanol–water partition coefficient (Wildman–Crippen LogP) is 3.28. The minimum atomic E-state index is -0.303. The number of amides is 1. The number of rotatable bonds is 2. The van der Waals surface area contributed by atoms with Gasteiger partial charge in [-0.05, 0) is 67.5 Å². The Morgan fingerprint density at radius 2 is 1.94 bits per heavy atom. The summed E-state index contributed by atoms with van der Waals surface area (Å²) in [5.74, 6) is 0.962. The average molecular weight is 458 g/mol. The van der Waals surface area contributed by atoms with Gasteiger partial charge >= 0.3 is 0 Å². The topological polar surface area (TPSA) is 92.6 Å². The maximum Gasteiger partial charge on any atom is 0.294 e. The third kappa shape index (κ3) is 3.32. The van der Waals surface area contributed by atoms with Crippen molar-refractivity contribution < 1.29 is 9.53 Å². The van der Waals surface area contributed by atoms with Gasteiger partial charge in [0.2, 0.25) is 5.65 Å². The molecular weight excluding hydrogens is 430 g/mol. The van der Waals surface area contributed by atoms with Gasteiger partial charge in [-0.2, -0.15) is 0 Å². The highest BCUT2D eigenvalue weighted by Crippen LogP contribution is 2.29. The summed E-state index contributed by atoms with van der Waals surface area (Å²) >= 11 is 0. The first-order chi connectivity index (χ1) is 16.5. The molecule has 1 amide bonds. The van der Waals surface area contributed by atoms with E-state index in [-0.39, 0.29) is 23.0 Å². The quantitative estimate of drug-likeness (QED) is 0.499. The fraction of sp³-hybridized carbons (Fsp3) is 0.385. The van der Waals surface area contributed by atoms with E-state index in [1.165, 1.54) is 16.7 Å². The smallest absolute Gasteiger partial charge is 0.294 e. The highest BCUT2D eigenvalue weighted by molar-refractivity contribution is 5.99. The normalized spacial score (nSPS) is 16.8. The Balaban J connectivity index is 1.42. The Hall–Kier alpha value is -3.52. The van der Waals surface area contributed by atoms with Crippen LogP contribution in [0.4, 0.5) is 0 Å². The van der Waals surface area contributed by atoms with Gasteiger partial charge in [-0.15, -0.1) is 10.2 Å². The summed E-state index contributed by atoms with van der Waals surface area (Å²) in [6, 6.07) is 10.1. The van der Waals surface area contributed by atoms with Crippen molar-refractivity contribution in [2.45, 2.75) is 45.6 Å². The number of aromatic amines is 1. The van der Waals surface area contributed by atoms with Gasteiger partial charge in [-0.1, -0.05) is 18.2 Å². The third-order valence-corrected chi connectivity index (χ3v) is 7.33. The summed E-state index contributed by atoms with van der Waals surface area (Å²) in [5, 5.41) is 8.57. The second-order valence-corrected chi connectivity index (χ2v) is 9.43. The lowest BCUT2D eigenvalue weighted by molar-refractivity contribution is 0.0734. The third-order valence-electron chi connectivity index (χ3n) is 7.33. The van der Waals surface area contributed by atoms with Crippen molar-refractivity contribution in [2.24, 2.45) is 0 Å². The lowest BCUT2D eigenvalue weighted by Gasteiger charge is -2.30. The largest absolute Gasteiger partial charge is 0.381 e. The molecule has 1 N–H and O–H groups in total. The molecule has 1 saturated heterocycles. The van der Waals surface area contributed by atoms with E-state index in [4.69, 9.17) is 4.74 Å². The molecule has 8 nitrogen and oxygen atoms in total. The number of carbonyl (C=O) groups excluding carboxylic acids is 1. The van der Waals surface area contributed by atoms with E-state index in [0.717, 1.165) is 36.2 Å². The lowest BCUT2D eigenvalue weighted by Crippen LogP contribution is -2.36. The van der Waals surface area contributed by atoms with E-state index in [0.29, 0.717) is 37.4 Å². The number of aromatic nitrogens is 4. The van der Waals surface area contributed by atoms with E-state index in [1.54, 1.807) is 0 Å². The van der Waals surface area contributed by atoms with E-state index in [2.05, 4.69) is 40.3 Å². The Morgan fingerprint density at radius 1 is 1.12 bits per heavy atom. The van der Waals surface area contributed by atoms with Crippen LogP contribution in [-0.2, 0) is 17.7 Å². The Bertz CT molecular complexity index is 1500. The summed E-state index contributed by atoms with van der Waals surface area (Å²) in [7, 11) is 0. The van der Waals surface area contributed by atoms with Crippen LogP contribution in [-0.4, -0.2) is 50.1 Å². The molecule has 0 atom stereocenters. The predicted molar refractivity (Wildman–Crippen MR) is 128 cm³/mol. The first kappa shape index (κ1) is 21.0. The molecule has 0 unspecified atom stereocenters. The Labute approximate surface area is 196 Å². The monoisotopic (exact) mass is 457 g/mol. The van der Waals surface area contributed by atoms with Crippen LogP contribution >= 0.6 is 0 Å². The summed E-state index contributed by atoms with van der Waals surface area (Å²) < 4.78 is 7.37. The van der Waals surface area contributed by atoms with E-state index in [1.807, 2.05) is 28.4 Å². The zero-order chi connectivity index (χ0) is 23.4. The van der Waals surface area contributed by atoms with Crippen LogP contribution in [0.15, 0.2) is 35.1 Å². The molecule has 0 bridgehead atoms. The molecule has 2 aromatic heterocycles. The summed E-state index contributed by atoms with van der Waals surface area (Å²) in [4.78, 5) is 31.2. The SMILES string of the molecule is Cc1cc2c(cc1C(=O)N1CCc3c(C)cccc3C1)[nH]c(=O)c1nnc(C3CCOCC3)n12. The number of hydrogen-bond acceptors (Lipinski definition) is 5.